The van der Waals surface area contributed by atoms with Crippen molar-refractivity contribution in [3.63, 3.8) is 0 Å². The summed E-state index contributed by atoms with van der Waals surface area (Å²) in [6, 6.07) is 22.1. The van der Waals surface area contributed by atoms with Gasteiger partial charge in [-0.05, 0) is 54.6 Å². The molecule has 0 aliphatic rings. The fraction of sp³-hybridized carbons (Fsp3) is 0.154. The molecule has 0 saturated heterocycles. The van der Waals surface area contributed by atoms with Gasteiger partial charge in [0.1, 0.15) is 17.9 Å². The first-order valence-electron chi connectivity index (χ1n) is 10.9. The highest BCUT2D eigenvalue weighted by Crippen LogP contribution is 2.22. The molecule has 0 atom stereocenters. The molecule has 0 radical (unpaired) electrons. The van der Waals surface area contributed by atoms with Crippen LogP contribution in [0.4, 0.5) is 11.4 Å². The van der Waals surface area contributed by atoms with Crippen LogP contribution in [0.15, 0.2) is 72.8 Å². The highest BCUT2D eigenvalue weighted by Gasteiger charge is 2.19. The minimum absolute atomic E-state index is 0.0317. The van der Waals surface area contributed by atoms with Crippen LogP contribution in [0.5, 0.6) is 0 Å². The van der Waals surface area contributed by atoms with Crippen molar-refractivity contribution in [1.82, 2.24) is 9.55 Å². The maximum absolute atomic E-state index is 13.3. The maximum Gasteiger partial charge on any atom is 0.258 e. The summed E-state index contributed by atoms with van der Waals surface area (Å²) in [5.74, 6) is 0.672. The smallest absolute Gasteiger partial charge is 0.258 e. The molecule has 8 heteroatoms. The molecule has 0 aliphatic carbocycles. The summed E-state index contributed by atoms with van der Waals surface area (Å²) in [7, 11) is 1.94. The monoisotopic (exact) mass is 454 g/mol. The summed E-state index contributed by atoms with van der Waals surface area (Å²) in [6.07, 6.45) is 1.08. The second-order valence-electron chi connectivity index (χ2n) is 7.88. The van der Waals surface area contributed by atoms with Crippen LogP contribution in [0, 0.1) is 5.41 Å². The number of nitrogens with one attached hydrogen (secondary N) is 2. The van der Waals surface area contributed by atoms with E-state index in [4.69, 9.17) is 16.1 Å². The lowest BCUT2D eigenvalue weighted by Crippen LogP contribution is -2.32. The number of hydrogen-bond acceptors (Lipinski definition) is 5. The van der Waals surface area contributed by atoms with Crippen LogP contribution in [0.1, 0.15) is 28.2 Å². The summed E-state index contributed by atoms with van der Waals surface area (Å²) >= 11 is 0. The van der Waals surface area contributed by atoms with Crippen molar-refractivity contribution in [2.24, 2.45) is 12.8 Å². The van der Waals surface area contributed by atoms with Crippen molar-refractivity contribution in [2.45, 2.75) is 13.0 Å². The SMILES string of the molecule is Cn1c(CNc2ccc(C(=N)N)cc2)nc2cc(C(=O)N(CCC=O)c3ccccc3)ccc21. The molecule has 3 aromatic carbocycles. The van der Waals surface area contributed by atoms with E-state index < -0.39 is 0 Å². The van der Waals surface area contributed by atoms with Crippen LogP contribution in [-0.4, -0.2) is 34.1 Å². The van der Waals surface area contributed by atoms with Gasteiger partial charge in [0.05, 0.1) is 17.6 Å². The van der Waals surface area contributed by atoms with Gasteiger partial charge in [0.25, 0.3) is 5.91 Å². The lowest BCUT2D eigenvalue weighted by Gasteiger charge is -2.22. The third-order valence-electron chi connectivity index (χ3n) is 5.65. The summed E-state index contributed by atoms with van der Waals surface area (Å²) < 4.78 is 1.99. The van der Waals surface area contributed by atoms with Gasteiger partial charge in [0, 0.05) is 42.5 Å². The molecule has 4 N–H and O–H groups in total. The second kappa shape index (κ2) is 9.99. The Morgan fingerprint density at radius 1 is 1.09 bits per heavy atom. The van der Waals surface area contributed by atoms with E-state index in [0.29, 0.717) is 24.2 Å². The number of aryl methyl sites for hydroxylation is 1. The standard InChI is InChI=1S/C26H26N6O2/c1-31-23-13-10-19(26(34)32(14-5-15-33)21-6-3-2-4-7-21)16-22(23)30-24(31)17-29-20-11-8-18(9-12-20)25(27)28/h2-4,6-13,15-16,29H,5,14,17H2,1H3,(H3,27,28). The molecule has 0 bridgehead atoms. The zero-order valence-corrected chi connectivity index (χ0v) is 18.9. The predicted molar refractivity (Wildman–Crippen MR) is 134 cm³/mol. The Balaban J connectivity index is 1.56. The number of carbonyl (C=O) groups excluding carboxylic acids is 2. The van der Waals surface area contributed by atoms with Crippen LogP contribution in [-0.2, 0) is 18.4 Å². The summed E-state index contributed by atoms with van der Waals surface area (Å²) in [6.45, 7) is 0.799. The molecular formula is C26H26N6O2. The number of amidine groups is 1. The first kappa shape index (κ1) is 22.7. The molecular weight excluding hydrogens is 428 g/mol. The number of aldehydes is 1. The van der Waals surface area contributed by atoms with Crippen LogP contribution < -0.4 is 16.0 Å². The molecule has 0 unspecified atom stereocenters. The number of nitrogens with zero attached hydrogens (tertiary/aromatic N) is 3. The Labute approximate surface area is 197 Å². The van der Waals surface area contributed by atoms with Gasteiger partial charge in [-0.1, -0.05) is 18.2 Å². The average Bonchev–Trinajstić information content (AvgIpc) is 3.18. The van der Waals surface area contributed by atoms with E-state index in [2.05, 4.69) is 5.32 Å². The van der Waals surface area contributed by atoms with E-state index in [0.717, 1.165) is 34.5 Å². The minimum atomic E-state index is -0.175. The molecule has 0 fully saturated rings. The number of nitrogens with two attached hydrogens (primary N) is 1. The summed E-state index contributed by atoms with van der Waals surface area (Å²) in [5.41, 5.74) is 9.97. The first-order chi connectivity index (χ1) is 16.5. The molecule has 4 aromatic rings. The molecule has 4 rings (SSSR count). The number of nitrogen functional groups attached to an aromatic ring is 1. The molecule has 8 nitrogen and oxygen atoms in total. The highest BCUT2D eigenvalue weighted by atomic mass is 16.2. The van der Waals surface area contributed by atoms with Crippen molar-refractivity contribution < 1.29 is 9.59 Å². The van der Waals surface area contributed by atoms with Crippen LogP contribution >= 0.6 is 0 Å². The van der Waals surface area contributed by atoms with Gasteiger partial charge < -0.3 is 25.3 Å². The second-order valence-corrected chi connectivity index (χ2v) is 7.88. The number of imidazole rings is 1. The van der Waals surface area contributed by atoms with Gasteiger partial charge in [0.2, 0.25) is 0 Å². The van der Waals surface area contributed by atoms with Crippen molar-refractivity contribution in [3.8, 4) is 0 Å². The Bertz CT molecular complexity index is 1330. The zero-order valence-electron chi connectivity index (χ0n) is 18.9. The van der Waals surface area contributed by atoms with Crippen LogP contribution in [0.25, 0.3) is 11.0 Å². The largest absolute Gasteiger partial charge is 0.384 e. The van der Waals surface area contributed by atoms with E-state index in [9.17, 15) is 9.59 Å². The lowest BCUT2D eigenvalue weighted by molar-refractivity contribution is -0.107. The number of anilines is 2. The first-order valence-corrected chi connectivity index (χ1v) is 10.9. The number of hydrogen-bond donors (Lipinski definition) is 3. The molecule has 1 heterocycles. The summed E-state index contributed by atoms with van der Waals surface area (Å²) in [5, 5.41) is 10.8. The summed E-state index contributed by atoms with van der Waals surface area (Å²) in [4.78, 5) is 30.6. The fourth-order valence-corrected chi connectivity index (χ4v) is 3.78. The number of carbonyl (C=O) groups is 2. The normalized spacial score (nSPS) is 10.7. The fourth-order valence-electron chi connectivity index (χ4n) is 3.78. The average molecular weight is 455 g/mol. The van der Waals surface area contributed by atoms with Gasteiger partial charge >= 0.3 is 0 Å². The number of amides is 1. The van der Waals surface area contributed by atoms with Crippen molar-refractivity contribution in [1.29, 1.82) is 5.41 Å². The van der Waals surface area contributed by atoms with Gasteiger partial charge in [-0.15, -0.1) is 0 Å². The van der Waals surface area contributed by atoms with E-state index in [1.54, 1.807) is 29.2 Å². The Kier molecular flexibility index (Phi) is 6.68. The number of rotatable bonds is 9. The third kappa shape index (κ3) is 4.80. The molecule has 0 spiro atoms. The van der Waals surface area contributed by atoms with Crippen LogP contribution in [0.2, 0.25) is 0 Å². The van der Waals surface area contributed by atoms with Gasteiger partial charge in [-0.2, -0.15) is 0 Å². The van der Waals surface area contributed by atoms with Crippen molar-refractivity contribution in [2.75, 3.05) is 16.8 Å². The highest BCUT2D eigenvalue weighted by molar-refractivity contribution is 6.07. The van der Waals surface area contributed by atoms with Crippen LogP contribution in [0.3, 0.4) is 0 Å². The Hall–Kier alpha value is -4.46. The third-order valence-corrected chi connectivity index (χ3v) is 5.65. The predicted octanol–water partition coefficient (Wildman–Crippen LogP) is 3.71. The molecule has 0 saturated carbocycles. The Morgan fingerprint density at radius 3 is 2.47 bits per heavy atom. The van der Waals surface area contributed by atoms with Gasteiger partial charge in [-0.3, -0.25) is 10.2 Å². The maximum atomic E-state index is 13.3. The lowest BCUT2D eigenvalue weighted by atomic mass is 10.1. The van der Waals surface area contributed by atoms with E-state index in [1.807, 2.05) is 60.1 Å². The molecule has 1 amide bonds. The van der Waals surface area contributed by atoms with Crippen molar-refractivity contribution in [3.05, 3.63) is 89.7 Å². The quantitative estimate of drug-likeness (QED) is 0.202. The number of aromatic nitrogens is 2. The van der Waals surface area contributed by atoms with Gasteiger partial charge in [0.15, 0.2) is 0 Å². The number of para-hydroxylation sites is 1. The minimum Gasteiger partial charge on any atom is -0.384 e. The topological polar surface area (TPSA) is 117 Å². The number of benzene rings is 3. The van der Waals surface area contributed by atoms with Gasteiger partial charge in [-0.25, -0.2) is 4.98 Å². The molecule has 0 aliphatic heterocycles. The zero-order chi connectivity index (χ0) is 24.1. The van der Waals surface area contributed by atoms with Crippen molar-refractivity contribution >= 4 is 40.4 Å². The molecule has 172 valence electrons. The van der Waals surface area contributed by atoms with E-state index in [-0.39, 0.29) is 18.2 Å². The van der Waals surface area contributed by atoms with E-state index >= 15 is 0 Å². The van der Waals surface area contributed by atoms with E-state index in [1.165, 1.54) is 0 Å². The number of fused-ring (bicyclic) bond motifs is 1. The molecule has 1 aromatic heterocycles. The molecule has 34 heavy (non-hydrogen) atoms. The Morgan fingerprint density at radius 2 is 1.79 bits per heavy atom.